The zero-order chi connectivity index (χ0) is 13.7. The zero-order valence-electron chi connectivity index (χ0n) is 9.33. The van der Waals surface area contributed by atoms with Gasteiger partial charge in [-0.25, -0.2) is 4.79 Å². The van der Waals surface area contributed by atoms with Gasteiger partial charge >= 0.3 is 5.97 Å². The van der Waals surface area contributed by atoms with Crippen LogP contribution in [0.25, 0.3) is 0 Å². The highest BCUT2D eigenvalue weighted by Crippen LogP contribution is 2.26. The van der Waals surface area contributed by atoms with Crippen molar-refractivity contribution in [2.45, 2.75) is 12.5 Å². The number of carbonyl (C=O) groups excluding carboxylic acids is 1. The second-order valence-corrected chi connectivity index (χ2v) is 4.00. The van der Waals surface area contributed by atoms with Gasteiger partial charge < -0.3 is 20.6 Å². The summed E-state index contributed by atoms with van der Waals surface area (Å²) in [5.74, 6) is -2.60. The molecule has 0 saturated heterocycles. The van der Waals surface area contributed by atoms with Crippen molar-refractivity contribution in [3.8, 4) is 11.5 Å². The van der Waals surface area contributed by atoms with Gasteiger partial charge in [0.05, 0.1) is 0 Å². The molecule has 0 aromatic heterocycles. The smallest absolute Gasteiger partial charge is 0.326 e. The Kier molecular flexibility index (Phi) is 4.85. The lowest BCUT2D eigenvalue weighted by Gasteiger charge is -2.14. The van der Waals surface area contributed by atoms with Crippen molar-refractivity contribution in [1.29, 1.82) is 0 Å². The molecule has 1 amide bonds. The van der Waals surface area contributed by atoms with Crippen molar-refractivity contribution in [1.82, 2.24) is 5.32 Å². The van der Waals surface area contributed by atoms with Gasteiger partial charge in [0.25, 0.3) is 5.91 Å². The van der Waals surface area contributed by atoms with Gasteiger partial charge in [0.2, 0.25) is 0 Å². The Morgan fingerprint density at radius 3 is 2.28 bits per heavy atom. The third kappa shape index (κ3) is 3.30. The number of carbonyl (C=O) groups is 2. The summed E-state index contributed by atoms with van der Waals surface area (Å²) in [6, 6.07) is 2.70. The lowest BCUT2D eigenvalue weighted by molar-refractivity contribution is -0.139. The van der Waals surface area contributed by atoms with E-state index in [-0.39, 0.29) is 17.7 Å². The topological polar surface area (TPSA) is 107 Å². The van der Waals surface area contributed by atoms with Crippen LogP contribution in [0.1, 0.15) is 16.8 Å². The third-order valence-electron chi connectivity index (χ3n) is 2.27. The average Bonchev–Trinajstić information content (AvgIpc) is 2.28. The van der Waals surface area contributed by atoms with E-state index in [4.69, 9.17) is 5.11 Å². The molecule has 1 unspecified atom stereocenters. The highest BCUT2D eigenvalue weighted by molar-refractivity contribution is 7.80. The summed E-state index contributed by atoms with van der Waals surface area (Å²) >= 11 is 3.89. The molecule has 0 radical (unpaired) electrons. The number of aliphatic carboxylic acids is 1. The molecule has 0 saturated carbocycles. The van der Waals surface area contributed by atoms with Crippen LogP contribution in [0, 0.1) is 0 Å². The lowest BCUT2D eigenvalue weighted by atomic mass is 10.1. The number of amides is 1. The molecular weight excluding hydrogens is 258 g/mol. The fraction of sp³-hybridized carbons (Fsp3) is 0.273. The summed E-state index contributed by atoms with van der Waals surface area (Å²) in [4.78, 5) is 22.6. The van der Waals surface area contributed by atoms with E-state index >= 15 is 0 Å². The fourth-order valence-electron chi connectivity index (χ4n) is 1.38. The van der Waals surface area contributed by atoms with Gasteiger partial charge in [-0.2, -0.15) is 12.6 Å². The van der Waals surface area contributed by atoms with Crippen LogP contribution in [0.4, 0.5) is 0 Å². The summed E-state index contributed by atoms with van der Waals surface area (Å²) < 4.78 is 0. The fourth-order valence-corrected chi connectivity index (χ4v) is 1.64. The maximum absolute atomic E-state index is 11.8. The summed E-state index contributed by atoms with van der Waals surface area (Å²) in [7, 11) is 0. The predicted octanol–water partition coefficient (Wildman–Crippen LogP) is 0.601. The van der Waals surface area contributed by atoms with Gasteiger partial charge in [0, 0.05) is 0 Å². The Morgan fingerprint density at radius 1 is 1.28 bits per heavy atom. The van der Waals surface area contributed by atoms with Gasteiger partial charge in [-0.1, -0.05) is 6.07 Å². The highest BCUT2D eigenvalue weighted by atomic mass is 32.1. The molecule has 0 heterocycles. The van der Waals surface area contributed by atoms with Crippen molar-refractivity contribution >= 4 is 24.5 Å². The van der Waals surface area contributed by atoms with E-state index in [1.54, 1.807) is 0 Å². The standard InChI is InChI=1S/C11H13NO5S/c13-7-2-1-3-8(14)9(7)10(15)12-6(4-5-18)11(16)17/h1-3,6,13-14,18H,4-5H2,(H,12,15)(H,16,17). The molecule has 1 rings (SSSR count). The Bertz CT molecular complexity index is 442. The minimum Gasteiger partial charge on any atom is -0.507 e. The monoisotopic (exact) mass is 271 g/mol. The van der Waals surface area contributed by atoms with Crippen molar-refractivity contribution in [2.75, 3.05) is 5.75 Å². The molecule has 0 spiro atoms. The second-order valence-electron chi connectivity index (χ2n) is 3.55. The molecule has 6 nitrogen and oxygen atoms in total. The van der Waals surface area contributed by atoms with Crippen LogP contribution < -0.4 is 5.32 Å². The normalized spacial score (nSPS) is 11.8. The van der Waals surface area contributed by atoms with Crippen molar-refractivity contribution < 1.29 is 24.9 Å². The number of benzene rings is 1. The first-order valence-electron chi connectivity index (χ1n) is 5.12. The summed E-state index contributed by atoms with van der Waals surface area (Å²) in [5.41, 5.74) is -0.345. The van der Waals surface area contributed by atoms with Crippen LogP contribution in [0.5, 0.6) is 11.5 Å². The van der Waals surface area contributed by atoms with Crippen LogP contribution in [-0.2, 0) is 4.79 Å². The van der Waals surface area contributed by atoms with E-state index < -0.39 is 29.4 Å². The summed E-state index contributed by atoms with van der Waals surface area (Å²) in [6.07, 6.45) is 0.137. The summed E-state index contributed by atoms with van der Waals surface area (Å²) in [6.45, 7) is 0. The number of phenols is 2. The molecule has 0 bridgehead atoms. The molecule has 7 heteroatoms. The SMILES string of the molecule is O=C(NC(CCS)C(=O)O)c1c(O)cccc1O. The number of aromatic hydroxyl groups is 2. The number of nitrogens with one attached hydrogen (secondary N) is 1. The largest absolute Gasteiger partial charge is 0.507 e. The Hall–Kier alpha value is -1.89. The average molecular weight is 271 g/mol. The third-order valence-corrected chi connectivity index (χ3v) is 2.53. The maximum atomic E-state index is 11.8. The van der Waals surface area contributed by atoms with E-state index in [2.05, 4.69) is 17.9 Å². The van der Waals surface area contributed by atoms with Gasteiger partial charge in [0.15, 0.2) is 0 Å². The van der Waals surface area contributed by atoms with Gasteiger partial charge in [-0.15, -0.1) is 0 Å². The number of thiol groups is 1. The number of hydrogen-bond donors (Lipinski definition) is 5. The molecule has 18 heavy (non-hydrogen) atoms. The lowest BCUT2D eigenvalue weighted by Crippen LogP contribution is -2.41. The molecule has 0 aliphatic rings. The van der Waals surface area contributed by atoms with Gasteiger partial charge in [-0.05, 0) is 24.3 Å². The minimum absolute atomic E-state index is 0.137. The van der Waals surface area contributed by atoms with Gasteiger partial charge in [-0.3, -0.25) is 4.79 Å². The Morgan fingerprint density at radius 2 is 1.83 bits per heavy atom. The molecule has 1 aromatic carbocycles. The number of rotatable bonds is 5. The van der Waals surface area contributed by atoms with Crippen LogP contribution in [0.2, 0.25) is 0 Å². The second kappa shape index (κ2) is 6.15. The van der Waals surface area contributed by atoms with Crippen LogP contribution in [0.15, 0.2) is 18.2 Å². The molecule has 1 atom stereocenters. The van der Waals surface area contributed by atoms with Crippen molar-refractivity contribution in [2.24, 2.45) is 0 Å². The Labute approximate surface area is 109 Å². The minimum atomic E-state index is -1.20. The van der Waals surface area contributed by atoms with Gasteiger partial charge in [0.1, 0.15) is 23.1 Å². The van der Waals surface area contributed by atoms with Crippen molar-refractivity contribution in [3.05, 3.63) is 23.8 Å². The van der Waals surface area contributed by atoms with Crippen LogP contribution in [-0.4, -0.2) is 39.0 Å². The quantitative estimate of drug-likeness (QED) is 0.504. The molecule has 0 aliphatic carbocycles. The molecule has 0 aliphatic heterocycles. The van der Waals surface area contributed by atoms with E-state index in [0.717, 1.165) is 0 Å². The molecule has 98 valence electrons. The molecular formula is C11H13NO5S. The van der Waals surface area contributed by atoms with Crippen LogP contribution in [0.3, 0.4) is 0 Å². The molecule has 1 aromatic rings. The van der Waals surface area contributed by atoms with Crippen LogP contribution >= 0.6 is 12.6 Å². The number of carboxylic acids is 1. The number of carboxylic acid groups (broad SMARTS) is 1. The van der Waals surface area contributed by atoms with E-state index in [9.17, 15) is 19.8 Å². The van der Waals surface area contributed by atoms with E-state index in [0.29, 0.717) is 0 Å². The molecule has 4 N–H and O–H groups in total. The zero-order valence-corrected chi connectivity index (χ0v) is 10.2. The highest BCUT2D eigenvalue weighted by Gasteiger charge is 2.23. The Balaban J connectivity index is 2.90. The summed E-state index contributed by atoms with van der Waals surface area (Å²) in [5, 5.41) is 30.0. The molecule has 0 fully saturated rings. The van der Waals surface area contributed by atoms with E-state index in [1.807, 2.05) is 0 Å². The van der Waals surface area contributed by atoms with Crippen molar-refractivity contribution in [3.63, 3.8) is 0 Å². The maximum Gasteiger partial charge on any atom is 0.326 e. The first-order chi connectivity index (χ1) is 8.47. The first-order valence-corrected chi connectivity index (χ1v) is 5.76. The number of phenolic OH excluding ortho intramolecular Hbond substituents is 2. The first kappa shape index (κ1) is 14.2. The predicted molar refractivity (Wildman–Crippen MR) is 67.1 cm³/mol. The van der Waals surface area contributed by atoms with E-state index in [1.165, 1.54) is 18.2 Å². The number of hydrogen-bond acceptors (Lipinski definition) is 5.